The largest absolute Gasteiger partial charge is 0.360 e. The fourth-order valence-electron chi connectivity index (χ4n) is 3.72. The van der Waals surface area contributed by atoms with Gasteiger partial charge in [-0.15, -0.1) is 0 Å². The van der Waals surface area contributed by atoms with Crippen molar-refractivity contribution < 1.29 is 4.79 Å². The zero-order valence-electron chi connectivity index (χ0n) is 16.9. The van der Waals surface area contributed by atoms with Crippen LogP contribution in [0.2, 0.25) is 0 Å². The summed E-state index contributed by atoms with van der Waals surface area (Å²) in [4.78, 5) is 16.8. The first-order valence-electron chi connectivity index (χ1n) is 10.1. The predicted molar refractivity (Wildman–Crippen MR) is 119 cm³/mol. The highest BCUT2D eigenvalue weighted by molar-refractivity contribution is 6.10. The van der Waals surface area contributed by atoms with Crippen LogP contribution in [0.25, 0.3) is 10.9 Å². The van der Waals surface area contributed by atoms with E-state index in [1.807, 2.05) is 42.6 Å². The SMILES string of the molecule is Cc1ccc(CCN[C@H](C(=O)c2c[nH]c3cc(C)ccc23)c2ccccc2)cc1. The maximum Gasteiger partial charge on any atom is 0.186 e. The molecule has 1 aromatic heterocycles. The van der Waals surface area contributed by atoms with Gasteiger partial charge >= 0.3 is 0 Å². The molecule has 3 nitrogen and oxygen atoms in total. The molecule has 0 unspecified atom stereocenters. The van der Waals surface area contributed by atoms with E-state index < -0.39 is 0 Å². The number of carbonyl (C=O) groups excluding carboxylic acids is 1. The van der Waals surface area contributed by atoms with E-state index in [1.54, 1.807) is 0 Å². The Morgan fingerprint density at radius 3 is 2.41 bits per heavy atom. The van der Waals surface area contributed by atoms with E-state index in [0.29, 0.717) is 0 Å². The van der Waals surface area contributed by atoms with Gasteiger partial charge in [0.15, 0.2) is 5.78 Å². The third kappa shape index (κ3) is 4.30. The van der Waals surface area contributed by atoms with Crippen LogP contribution in [0, 0.1) is 13.8 Å². The summed E-state index contributed by atoms with van der Waals surface area (Å²) in [7, 11) is 0. The van der Waals surface area contributed by atoms with Gasteiger partial charge in [-0.2, -0.15) is 0 Å². The zero-order chi connectivity index (χ0) is 20.2. The molecule has 3 aromatic carbocycles. The fourth-order valence-corrected chi connectivity index (χ4v) is 3.72. The molecule has 0 spiro atoms. The maximum atomic E-state index is 13.5. The Morgan fingerprint density at radius 2 is 1.66 bits per heavy atom. The summed E-state index contributed by atoms with van der Waals surface area (Å²) < 4.78 is 0. The van der Waals surface area contributed by atoms with Crippen LogP contribution in [0.1, 0.15) is 38.7 Å². The summed E-state index contributed by atoms with van der Waals surface area (Å²) in [6.45, 7) is 4.88. The third-order valence-electron chi connectivity index (χ3n) is 5.38. The number of nitrogens with one attached hydrogen (secondary N) is 2. The lowest BCUT2D eigenvalue weighted by Gasteiger charge is -2.18. The second-order valence-electron chi connectivity index (χ2n) is 7.65. The first-order valence-corrected chi connectivity index (χ1v) is 10.1. The summed E-state index contributed by atoms with van der Waals surface area (Å²) in [6, 6.07) is 24.3. The summed E-state index contributed by atoms with van der Waals surface area (Å²) in [5.74, 6) is 0.0928. The number of fused-ring (bicyclic) bond motifs is 1. The minimum Gasteiger partial charge on any atom is -0.360 e. The molecule has 0 saturated heterocycles. The van der Waals surface area contributed by atoms with Gasteiger partial charge in [-0.3, -0.25) is 4.79 Å². The summed E-state index contributed by atoms with van der Waals surface area (Å²) >= 11 is 0. The van der Waals surface area contributed by atoms with Crippen molar-refractivity contribution in [2.24, 2.45) is 0 Å². The lowest BCUT2D eigenvalue weighted by atomic mass is 9.96. The number of H-pyrrole nitrogens is 1. The number of rotatable bonds is 7. The van der Waals surface area contributed by atoms with Crippen molar-refractivity contribution in [2.45, 2.75) is 26.3 Å². The zero-order valence-corrected chi connectivity index (χ0v) is 16.9. The van der Waals surface area contributed by atoms with Gasteiger partial charge in [0.25, 0.3) is 0 Å². The molecule has 0 aliphatic heterocycles. The monoisotopic (exact) mass is 382 g/mol. The van der Waals surface area contributed by atoms with E-state index in [1.165, 1.54) is 16.7 Å². The van der Waals surface area contributed by atoms with Crippen LogP contribution in [0.4, 0.5) is 0 Å². The first kappa shape index (κ1) is 19.2. The van der Waals surface area contributed by atoms with E-state index in [0.717, 1.165) is 35.0 Å². The average Bonchev–Trinajstić information content (AvgIpc) is 3.16. The molecule has 146 valence electrons. The normalized spacial score (nSPS) is 12.2. The maximum absolute atomic E-state index is 13.5. The molecule has 1 atom stereocenters. The Labute approximate surface area is 171 Å². The summed E-state index contributed by atoms with van der Waals surface area (Å²) in [6.07, 6.45) is 2.72. The molecule has 2 N–H and O–H groups in total. The Balaban J connectivity index is 1.58. The van der Waals surface area contributed by atoms with Crippen molar-refractivity contribution in [1.82, 2.24) is 10.3 Å². The molecule has 0 fully saturated rings. The predicted octanol–water partition coefficient (Wildman–Crippen LogP) is 5.54. The average molecular weight is 383 g/mol. The van der Waals surface area contributed by atoms with Crippen molar-refractivity contribution in [3.8, 4) is 0 Å². The minimum absolute atomic E-state index is 0.0928. The number of hydrogen-bond acceptors (Lipinski definition) is 2. The number of ketones is 1. The molecular weight excluding hydrogens is 356 g/mol. The Hall–Kier alpha value is -3.17. The molecule has 0 aliphatic carbocycles. The van der Waals surface area contributed by atoms with Gasteiger partial charge in [0.2, 0.25) is 0 Å². The van der Waals surface area contributed by atoms with Crippen LogP contribution in [0.15, 0.2) is 79.0 Å². The topological polar surface area (TPSA) is 44.9 Å². The van der Waals surface area contributed by atoms with Crippen LogP contribution in [-0.4, -0.2) is 17.3 Å². The quantitative estimate of drug-likeness (QED) is 0.412. The van der Waals surface area contributed by atoms with Gasteiger partial charge in [-0.1, -0.05) is 72.3 Å². The number of aryl methyl sites for hydroxylation is 2. The van der Waals surface area contributed by atoms with E-state index >= 15 is 0 Å². The van der Waals surface area contributed by atoms with E-state index in [-0.39, 0.29) is 11.8 Å². The molecule has 4 rings (SSSR count). The standard InChI is InChI=1S/C26H26N2O/c1-18-8-11-20(12-9-18)14-15-27-25(21-6-4-3-5-7-21)26(29)23-17-28-24-16-19(2)10-13-22(23)24/h3-13,16-17,25,27-28H,14-15H2,1-2H3/t25-/m0/s1. The molecule has 0 aliphatic rings. The van der Waals surface area contributed by atoms with E-state index in [9.17, 15) is 4.79 Å². The van der Waals surface area contributed by atoms with Crippen LogP contribution < -0.4 is 5.32 Å². The fraction of sp³-hybridized carbons (Fsp3) is 0.192. The molecule has 0 bridgehead atoms. The number of carbonyl (C=O) groups is 1. The molecule has 3 heteroatoms. The Morgan fingerprint density at radius 1 is 0.931 bits per heavy atom. The molecular formula is C26H26N2O. The van der Waals surface area contributed by atoms with Gasteiger partial charge in [0, 0.05) is 29.2 Å². The number of aromatic amines is 1. The van der Waals surface area contributed by atoms with Gasteiger partial charge in [0.05, 0.1) is 6.04 Å². The van der Waals surface area contributed by atoms with Crippen molar-refractivity contribution in [2.75, 3.05) is 6.54 Å². The lowest BCUT2D eigenvalue weighted by Crippen LogP contribution is -2.30. The van der Waals surface area contributed by atoms with E-state index in [2.05, 4.69) is 60.5 Å². The Bertz CT molecular complexity index is 1110. The van der Waals surface area contributed by atoms with Crippen LogP contribution in [-0.2, 0) is 6.42 Å². The van der Waals surface area contributed by atoms with Crippen LogP contribution in [0.5, 0.6) is 0 Å². The summed E-state index contributed by atoms with van der Waals surface area (Å²) in [5, 5.41) is 4.47. The molecule has 29 heavy (non-hydrogen) atoms. The minimum atomic E-state index is -0.373. The van der Waals surface area contributed by atoms with Gasteiger partial charge in [-0.25, -0.2) is 0 Å². The number of aromatic nitrogens is 1. The molecule has 0 radical (unpaired) electrons. The number of benzene rings is 3. The van der Waals surface area contributed by atoms with Crippen molar-refractivity contribution in [1.29, 1.82) is 0 Å². The molecule has 0 amide bonds. The molecule has 0 saturated carbocycles. The lowest BCUT2D eigenvalue weighted by molar-refractivity contribution is 0.0945. The van der Waals surface area contributed by atoms with Crippen molar-refractivity contribution >= 4 is 16.7 Å². The number of Topliss-reactive ketones (excluding diaryl/α,β-unsaturated/α-hetero) is 1. The highest BCUT2D eigenvalue weighted by Gasteiger charge is 2.23. The molecule has 4 aromatic rings. The van der Waals surface area contributed by atoms with Gasteiger partial charge < -0.3 is 10.3 Å². The Kier molecular flexibility index (Phi) is 5.59. The highest BCUT2D eigenvalue weighted by atomic mass is 16.1. The number of hydrogen-bond donors (Lipinski definition) is 2. The van der Waals surface area contributed by atoms with Gasteiger partial charge in [-0.05, 0) is 43.0 Å². The van der Waals surface area contributed by atoms with Gasteiger partial charge in [0.1, 0.15) is 0 Å². The highest BCUT2D eigenvalue weighted by Crippen LogP contribution is 2.25. The van der Waals surface area contributed by atoms with E-state index in [4.69, 9.17) is 0 Å². The van der Waals surface area contributed by atoms with Crippen LogP contribution >= 0.6 is 0 Å². The first-order chi connectivity index (χ1) is 14.1. The van der Waals surface area contributed by atoms with Crippen molar-refractivity contribution in [3.63, 3.8) is 0 Å². The second kappa shape index (κ2) is 8.46. The smallest absolute Gasteiger partial charge is 0.186 e. The second-order valence-corrected chi connectivity index (χ2v) is 7.65. The van der Waals surface area contributed by atoms with Crippen LogP contribution in [0.3, 0.4) is 0 Å². The summed E-state index contributed by atoms with van der Waals surface area (Å²) in [5.41, 5.74) is 6.42. The van der Waals surface area contributed by atoms with Crippen molar-refractivity contribution in [3.05, 3.63) is 107 Å². The third-order valence-corrected chi connectivity index (χ3v) is 5.38. The molecule has 1 heterocycles.